The molecule has 7 nitrogen and oxygen atoms in total. The predicted octanol–water partition coefficient (Wildman–Crippen LogP) is 0.748. The van der Waals surface area contributed by atoms with Gasteiger partial charge in [0.1, 0.15) is 5.75 Å². The Kier molecular flexibility index (Phi) is 6.27. The van der Waals surface area contributed by atoms with Crippen LogP contribution in [0.4, 0.5) is 16.2 Å². The van der Waals surface area contributed by atoms with Crippen LogP contribution in [0.1, 0.15) is 0 Å². The minimum Gasteiger partial charge on any atom is -0.495 e. The minimum atomic E-state index is -0.502. The zero-order valence-electron chi connectivity index (χ0n) is 15.4. The molecule has 2 aromatic rings. The van der Waals surface area contributed by atoms with E-state index in [2.05, 4.69) is 15.5 Å². The van der Waals surface area contributed by atoms with Gasteiger partial charge in [0.25, 0.3) is 5.91 Å². The Morgan fingerprint density at radius 1 is 1.04 bits per heavy atom. The maximum absolute atomic E-state index is 12.1. The van der Waals surface area contributed by atoms with E-state index in [-0.39, 0.29) is 12.5 Å². The first-order valence-electron chi connectivity index (χ1n) is 9.03. The van der Waals surface area contributed by atoms with Crippen molar-refractivity contribution < 1.29 is 19.2 Å². The van der Waals surface area contributed by atoms with Crippen LogP contribution in [0, 0.1) is 0 Å². The number of anilines is 2. The number of benzene rings is 2. The third-order valence-electron chi connectivity index (χ3n) is 4.59. The largest absolute Gasteiger partial charge is 0.495 e. The molecule has 0 bridgehead atoms. The Balaban J connectivity index is 1.45. The maximum Gasteiger partial charge on any atom is 0.326 e. The lowest BCUT2D eigenvalue weighted by Gasteiger charge is -2.33. The molecule has 0 spiro atoms. The van der Waals surface area contributed by atoms with E-state index < -0.39 is 6.03 Å². The van der Waals surface area contributed by atoms with Crippen molar-refractivity contribution in [1.29, 1.82) is 0 Å². The minimum absolute atomic E-state index is 0.274. The number of quaternary nitrogens is 1. The molecule has 1 aliphatic heterocycles. The molecule has 1 aliphatic rings. The SMILES string of the molecule is COc1ccccc1N1CC[NH+](CC(=O)NC(=O)Nc2ccccc2)CC1. The summed E-state index contributed by atoms with van der Waals surface area (Å²) >= 11 is 0. The molecule has 7 heteroatoms. The maximum atomic E-state index is 12.1. The molecule has 0 unspecified atom stereocenters. The van der Waals surface area contributed by atoms with E-state index in [1.165, 1.54) is 0 Å². The van der Waals surface area contributed by atoms with Gasteiger partial charge in [0.15, 0.2) is 6.54 Å². The number of rotatable bonds is 5. The van der Waals surface area contributed by atoms with Crippen LogP contribution in [-0.4, -0.2) is 51.8 Å². The van der Waals surface area contributed by atoms with Gasteiger partial charge in [-0.15, -0.1) is 0 Å². The topological polar surface area (TPSA) is 75.1 Å². The van der Waals surface area contributed by atoms with Crippen LogP contribution >= 0.6 is 0 Å². The van der Waals surface area contributed by atoms with Crippen molar-refractivity contribution in [3.63, 3.8) is 0 Å². The van der Waals surface area contributed by atoms with Gasteiger partial charge in [-0.25, -0.2) is 4.79 Å². The number of nitrogens with one attached hydrogen (secondary N) is 3. The first-order chi connectivity index (χ1) is 13.2. The van der Waals surface area contributed by atoms with E-state index in [1.807, 2.05) is 42.5 Å². The Labute approximate surface area is 158 Å². The van der Waals surface area contributed by atoms with Crippen molar-refractivity contribution >= 4 is 23.3 Å². The van der Waals surface area contributed by atoms with E-state index in [0.717, 1.165) is 42.5 Å². The van der Waals surface area contributed by atoms with Gasteiger partial charge in [0.05, 0.1) is 39.0 Å². The number of methoxy groups -OCH3 is 1. The lowest BCUT2D eigenvalue weighted by Crippen LogP contribution is -3.16. The molecule has 0 atom stereocenters. The first-order valence-corrected chi connectivity index (χ1v) is 9.03. The summed E-state index contributed by atoms with van der Waals surface area (Å²) in [5, 5.41) is 5.04. The van der Waals surface area contributed by atoms with Crippen LogP contribution in [0.5, 0.6) is 5.75 Å². The number of urea groups is 1. The molecular formula is C20H25N4O3+. The molecule has 3 rings (SSSR count). The molecule has 0 saturated carbocycles. The molecule has 1 fully saturated rings. The molecule has 3 amide bonds. The number of hydrogen-bond donors (Lipinski definition) is 3. The van der Waals surface area contributed by atoms with Crippen molar-refractivity contribution in [3.8, 4) is 5.75 Å². The number of amides is 3. The average molecular weight is 369 g/mol. The normalized spacial score (nSPS) is 14.5. The van der Waals surface area contributed by atoms with Gasteiger partial charge >= 0.3 is 6.03 Å². The third kappa shape index (κ3) is 5.21. The van der Waals surface area contributed by atoms with Gasteiger partial charge in [-0.3, -0.25) is 10.1 Å². The summed E-state index contributed by atoms with van der Waals surface area (Å²) in [7, 11) is 1.67. The number of para-hydroxylation sites is 3. The molecule has 1 saturated heterocycles. The van der Waals surface area contributed by atoms with Gasteiger partial charge in [0, 0.05) is 5.69 Å². The van der Waals surface area contributed by atoms with Crippen molar-refractivity contribution in [1.82, 2.24) is 5.32 Å². The Hall–Kier alpha value is -3.06. The summed E-state index contributed by atoms with van der Waals surface area (Å²) in [6, 6.07) is 16.5. The number of ether oxygens (including phenoxy) is 1. The summed E-state index contributed by atoms with van der Waals surface area (Å²) in [6.45, 7) is 3.60. The lowest BCUT2D eigenvalue weighted by atomic mass is 10.2. The zero-order valence-corrected chi connectivity index (χ0v) is 15.4. The molecule has 0 aromatic heterocycles. The quantitative estimate of drug-likeness (QED) is 0.727. The molecular weight excluding hydrogens is 344 g/mol. The monoisotopic (exact) mass is 369 g/mol. The van der Waals surface area contributed by atoms with E-state index in [4.69, 9.17) is 4.74 Å². The van der Waals surface area contributed by atoms with Crippen molar-refractivity contribution in [2.75, 3.05) is 50.1 Å². The van der Waals surface area contributed by atoms with E-state index in [1.54, 1.807) is 19.2 Å². The fraction of sp³-hybridized carbons (Fsp3) is 0.300. The van der Waals surface area contributed by atoms with Gasteiger partial charge < -0.3 is 19.9 Å². The number of carbonyl (C=O) groups excluding carboxylic acids is 2. The highest BCUT2D eigenvalue weighted by Gasteiger charge is 2.24. The Morgan fingerprint density at radius 2 is 1.70 bits per heavy atom. The van der Waals surface area contributed by atoms with Crippen molar-refractivity contribution in [3.05, 3.63) is 54.6 Å². The van der Waals surface area contributed by atoms with Crippen molar-refractivity contribution in [2.45, 2.75) is 0 Å². The highest BCUT2D eigenvalue weighted by atomic mass is 16.5. The summed E-state index contributed by atoms with van der Waals surface area (Å²) < 4.78 is 5.43. The molecule has 2 aromatic carbocycles. The highest BCUT2D eigenvalue weighted by Crippen LogP contribution is 2.27. The van der Waals surface area contributed by atoms with Gasteiger partial charge in [-0.1, -0.05) is 30.3 Å². The van der Waals surface area contributed by atoms with E-state index >= 15 is 0 Å². The second kappa shape index (κ2) is 9.05. The summed E-state index contributed by atoms with van der Waals surface area (Å²) in [5.41, 5.74) is 1.73. The van der Waals surface area contributed by atoms with Crippen LogP contribution in [0.3, 0.4) is 0 Å². The molecule has 3 N–H and O–H groups in total. The van der Waals surface area contributed by atoms with Crippen LogP contribution in [0.15, 0.2) is 54.6 Å². The fourth-order valence-corrected chi connectivity index (χ4v) is 3.21. The number of imide groups is 1. The van der Waals surface area contributed by atoms with Gasteiger partial charge in [0.2, 0.25) is 0 Å². The summed E-state index contributed by atoms with van der Waals surface area (Å²) in [4.78, 5) is 27.5. The van der Waals surface area contributed by atoms with Gasteiger partial charge in [-0.05, 0) is 24.3 Å². The number of hydrogen-bond acceptors (Lipinski definition) is 4. The molecule has 1 heterocycles. The van der Waals surface area contributed by atoms with E-state index in [0.29, 0.717) is 5.69 Å². The number of carbonyl (C=O) groups is 2. The standard InChI is InChI=1S/C20H24N4O3/c1-27-18-10-6-5-9-17(18)24-13-11-23(12-14-24)15-19(25)22-20(26)21-16-7-3-2-4-8-16/h2-10H,11-15H2,1H3,(H2,21,22,25,26)/p+1. The smallest absolute Gasteiger partial charge is 0.326 e. The summed E-state index contributed by atoms with van der Waals surface area (Å²) in [5.74, 6) is 0.584. The number of piperazine rings is 1. The highest BCUT2D eigenvalue weighted by molar-refractivity contribution is 6.01. The summed E-state index contributed by atoms with van der Waals surface area (Å²) in [6.07, 6.45) is 0. The predicted molar refractivity (Wildman–Crippen MR) is 104 cm³/mol. The fourth-order valence-electron chi connectivity index (χ4n) is 3.21. The van der Waals surface area contributed by atoms with Crippen molar-refractivity contribution in [2.24, 2.45) is 0 Å². The Bertz CT molecular complexity index is 774. The second-order valence-electron chi connectivity index (χ2n) is 6.45. The first kappa shape index (κ1) is 18.7. The molecule has 27 heavy (non-hydrogen) atoms. The van der Waals surface area contributed by atoms with Gasteiger partial charge in [-0.2, -0.15) is 0 Å². The molecule has 0 radical (unpaired) electrons. The van der Waals surface area contributed by atoms with E-state index in [9.17, 15) is 9.59 Å². The van der Waals surface area contributed by atoms with Crippen LogP contribution in [-0.2, 0) is 4.79 Å². The average Bonchev–Trinajstić information content (AvgIpc) is 2.69. The third-order valence-corrected chi connectivity index (χ3v) is 4.59. The zero-order chi connectivity index (χ0) is 19.1. The Morgan fingerprint density at radius 3 is 2.41 bits per heavy atom. The molecule has 142 valence electrons. The van der Waals surface area contributed by atoms with Crippen LogP contribution in [0.25, 0.3) is 0 Å². The van der Waals surface area contributed by atoms with Crippen LogP contribution in [0.2, 0.25) is 0 Å². The number of nitrogens with zero attached hydrogens (tertiary/aromatic N) is 1. The molecule has 0 aliphatic carbocycles. The second-order valence-corrected chi connectivity index (χ2v) is 6.45. The lowest BCUT2D eigenvalue weighted by molar-refractivity contribution is -0.892. The van der Waals surface area contributed by atoms with Crippen LogP contribution < -0.4 is 25.2 Å².